The van der Waals surface area contributed by atoms with Crippen molar-refractivity contribution in [3.63, 3.8) is 0 Å². The molecule has 0 N–H and O–H groups in total. The van der Waals surface area contributed by atoms with Crippen LogP contribution in [-0.4, -0.2) is 33.4 Å². The fourth-order valence-corrected chi connectivity index (χ4v) is 3.39. The molecule has 1 aliphatic heterocycles. The van der Waals surface area contributed by atoms with Gasteiger partial charge in [-0.25, -0.2) is 0 Å². The Bertz CT molecular complexity index is 658. The van der Waals surface area contributed by atoms with Crippen molar-refractivity contribution in [2.45, 2.75) is 39.2 Å². The maximum atomic E-state index is 12.6. The zero-order valence-corrected chi connectivity index (χ0v) is 13.3. The maximum absolute atomic E-state index is 12.6. The normalized spacial score (nSPS) is 16.5. The van der Waals surface area contributed by atoms with E-state index in [9.17, 15) is 4.79 Å². The molecular formula is C18H23N3O. The van der Waals surface area contributed by atoms with Crippen LogP contribution in [0, 0.1) is 0 Å². The number of rotatable bonds is 4. The molecule has 2 aromatic rings. The Kier molecular flexibility index (Phi) is 4.27. The van der Waals surface area contributed by atoms with Crippen molar-refractivity contribution in [3.05, 3.63) is 53.6 Å². The lowest BCUT2D eigenvalue weighted by Gasteiger charge is -2.23. The van der Waals surface area contributed by atoms with E-state index in [0.29, 0.717) is 6.42 Å². The van der Waals surface area contributed by atoms with Crippen LogP contribution < -0.4 is 0 Å². The van der Waals surface area contributed by atoms with Crippen molar-refractivity contribution in [1.82, 2.24) is 14.5 Å². The second kappa shape index (κ2) is 6.34. The summed E-state index contributed by atoms with van der Waals surface area (Å²) >= 11 is 0. The third-order valence-corrected chi connectivity index (χ3v) is 4.59. The molecule has 116 valence electrons. The smallest absolute Gasteiger partial charge is 0.223 e. The Morgan fingerprint density at radius 2 is 2.14 bits per heavy atom. The van der Waals surface area contributed by atoms with E-state index in [-0.39, 0.29) is 11.8 Å². The van der Waals surface area contributed by atoms with Gasteiger partial charge >= 0.3 is 0 Å². The van der Waals surface area contributed by atoms with Crippen molar-refractivity contribution in [1.29, 1.82) is 0 Å². The van der Waals surface area contributed by atoms with Crippen LogP contribution in [0.3, 0.4) is 0 Å². The summed E-state index contributed by atoms with van der Waals surface area (Å²) in [5.74, 6) is 0.267. The summed E-state index contributed by atoms with van der Waals surface area (Å²) < 4.78 is 2.27. The first-order valence-corrected chi connectivity index (χ1v) is 8.11. The molecule has 0 radical (unpaired) electrons. The minimum Gasteiger partial charge on any atom is -0.350 e. The quantitative estimate of drug-likeness (QED) is 0.870. The Labute approximate surface area is 131 Å². The molecule has 0 saturated heterocycles. The molecule has 0 fully saturated rings. The van der Waals surface area contributed by atoms with Crippen molar-refractivity contribution >= 4 is 5.91 Å². The topological polar surface area (TPSA) is 38.1 Å². The molecule has 4 heteroatoms. The molecule has 22 heavy (non-hydrogen) atoms. The van der Waals surface area contributed by atoms with Gasteiger partial charge in [0.2, 0.25) is 5.91 Å². The SMILES string of the molecule is CCN(CC)C(=O)C[C@H]1c2ncccc2CCn2cccc21. The van der Waals surface area contributed by atoms with E-state index in [1.165, 1.54) is 11.3 Å². The fraction of sp³-hybridized carbons (Fsp3) is 0.444. The zero-order chi connectivity index (χ0) is 15.5. The molecule has 0 spiro atoms. The first kappa shape index (κ1) is 14.8. The van der Waals surface area contributed by atoms with Gasteiger partial charge in [-0.15, -0.1) is 0 Å². The first-order chi connectivity index (χ1) is 10.7. The van der Waals surface area contributed by atoms with E-state index < -0.39 is 0 Å². The molecule has 0 bridgehead atoms. The van der Waals surface area contributed by atoms with Gasteiger partial charge in [0, 0.05) is 44.1 Å². The molecule has 1 aliphatic rings. The highest BCUT2D eigenvalue weighted by atomic mass is 16.2. The number of amides is 1. The van der Waals surface area contributed by atoms with Crippen molar-refractivity contribution in [2.24, 2.45) is 0 Å². The average molecular weight is 297 g/mol. The summed E-state index contributed by atoms with van der Waals surface area (Å²) in [5.41, 5.74) is 3.54. The molecule has 0 unspecified atom stereocenters. The number of pyridine rings is 1. The van der Waals surface area contributed by atoms with E-state index >= 15 is 0 Å². The molecule has 0 aromatic carbocycles. The van der Waals surface area contributed by atoms with Crippen LogP contribution >= 0.6 is 0 Å². The van der Waals surface area contributed by atoms with E-state index in [1.54, 1.807) is 0 Å². The van der Waals surface area contributed by atoms with Crippen LogP contribution in [0.1, 0.15) is 43.1 Å². The van der Waals surface area contributed by atoms with Crippen LogP contribution in [0.15, 0.2) is 36.7 Å². The maximum Gasteiger partial charge on any atom is 0.223 e. The predicted molar refractivity (Wildman–Crippen MR) is 86.8 cm³/mol. The van der Waals surface area contributed by atoms with Gasteiger partial charge in [-0.05, 0) is 44.0 Å². The van der Waals surface area contributed by atoms with Crippen LogP contribution in [0.5, 0.6) is 0 Å². The number of hydrogen-bond acceptors (Lipinski definition) is 2. The van der Waals surface area contributed by atoms with Gasteiger partial charge in [0.15, 0.2) is 0 Å². The molecule has 4 nitrogen and oxygen atoms in total. The Balaban J connectivity index is 1.98. The third-order valence-electron chi connectivity index (χ3n) is 4.59. The van der Waals surface area contributed by atoms with E-state index in [0.717, 1.165) is 31.7 Å². The van der Waals surface area contributed by atoms with Gasteiger partial charge in [-0.3, -0.25) is 9.78 Å². The molecule has 0 saturated carbocycles. The van der Waals surface area contributed by atoms with Gasteiger partial charge in [0.25, 0.3) is 0 Å². The monoisotopic (exact) mass is 297 g/mol. The molecule has 0 aliphatic carbocycles. The predicted octanol–water partition coefficient (Wildman–Crippen LogP) is 2.83. The molecular weight excluding hydrogens is 274 g/mol. The first-order valence-electron chi connectivity index (χ1n) is 8.11. The zero-order valence-electron chi connectivity index (χ0n) is 13.3. The number of aryl methyl sites for hydroxylation is 2. The van der Waals surface area contributed by atoms with Crippen molar-refractivity contribution in [3.8, 4) is 0 Å². The van der Waals surface area contributed by atoms with Crippen LogP contribution in [0.25, 0.3) is 0 Å². The summed E-state index contributed by atoms with van der Waals surface area (Å²) in [5, 5.41) is 0. The lowest BCUT2D eigenvalue weighted by Crippen LogP contribution is -2.32. The average Bonchev–Trinajstić information content (AvgIpc) is 2.95. The molecule has 1 amide bonds. The van der Waals surface area contributed by atoms with Crippen molar-refractivity contribution < 1.29 is 4.79 Å². The summed E-state index contributed by atoms with van der Waals surface area (Å²) in [6, 6.07) is 8.33. The number of aromatic nitrogens is 2. The minimum atomic E-state index is 0.0572. The summed E-state index contributed by atoms with van der Waals surface area (Å²) in [7, 11) is 0. The van der Waals surface area contributed by atoms with E-state index in [1.807, 2.05) is 31.0 Å². The Hall–Kier alpha value is -2.10. The third kappa shape index (κ3) is 2.65. The Morgan fingerprint density at radius 3 is 2.91 bits per heavy atom. The van der Waals surface area contributed by atoms with E-state index in [2.05, 4.69) is 33.9 Å². The van der Waals surface area contributed by atoms with Crippen LogP contribution in [0.4, 0.5) is 0 Å². The second-order valence-corrected chi connectivity index (χ2v) is 5.75. The fourth-order valence-electron chi connectivity index (χ4n) is 3.39. The summed E-state index contributed by atoms with van der Waals surface area (Å²) in [6.45, 7) is 6.54. The molecule has 3 rings (SSSR count). The van der Waals surface area contributed by atoms with Gasteiger partial charge < -0.3 is 9.47 Å². The standard InChI is InChI=1S/C18H23N3O/c1-3-20(4-2)17(22)13-15-16-8-6-11-21(16)12-9-14-7-5-10-19-18(14)15/h5-8,10-11,15H,3-4,9,12-13H2,1-2H3/t15-/m1/s1. The number of fused-ring (bicyclic) bond motifs is 2. The van der Waals surface area contributed by atoms with Gasteiger partial charge in [-0.2, -0.15) is 0 Å². The molecule has 1 atom stereocenters. The minimum absolute atomic E-state index is 0.0572. The number of hydrogen-bond donors (Lipinski definition) is 0. The molecule has 3 heterocycles. The summed E-state index contributed by atoms with van der Waals surface area (Å²) in [4.78, 5) is 19.1. The highest BCUT2D eigenvalue weighted by Crippen LogP contribution is 2.33. The number of carbonyl (C=O) groups is 1. The van der Waals surface area contributed by atoms with Gasteiger partial charge in [0.1, 0.15) is 0 Å². The highest BCUT2D eigenvalue weighted by Gasteiger charge is 2.28. The van der Waals surface area contributed by atoms with Gasteiger partial charge in [0.05, 0.1) is 11.6 Å². The number of carbonyl (C=O) groups excluding carboxylic acids is 1. The van der Waals surface area contributed by atoms with Crippen LogP contribution in [-0.2, 0) is 17.8 Å². The summed E-state index contributed by atoms with van der Waals surface area (Å²) in [6.07, 6.45) is 5.42. The lowest BCUT2D eigenvalue weighted by atomic mass is 9.93. The van der Waals surface area contributed by atoms with E-state index in [4.69, 9.17) is 0 Å². The Morgan fingerprint density at radius 1 is 1.32 bits per heavy atom. The van der Waals surface area contributed by atoms with Gasteiger partial charge in [-0.1, -0.05) is 6.07 Å². The highest BCUT2D eigenvalue weighted by molar-refractivity contribution is 5.77. The largest absolute Gasteiger partial charge is 0.350 e. The van der Waals surface area contributed by atoms with Crippen molar-refractivity contribution in [2.75, 3.05) is 13.1 Å². The van der Waals surface area contributed by atoms with Crippen LogP contribution in [0.2, 0.25) is 0 Å². The second-order valence-electron chi connectivity index (χ2n) is 5.75. The number of nitrogens with zero attached hydrogens (tertiary/aromatic N) is 3. The molecule has 2 aromatic heterocycles. The lowest BCUT2D eigenvalue weighted by molar-refractivity contribution is -0.131.